The molecule has 0 saturated heterocycles. The van der Waals surface area contributed by atoms with Crippen LogP contribution in [0.4, 0.5) is 0 Å². The summed E-state index contributed by atoms with van der Waals surface area (Å²) in [7, 11) is 0. The van der Waals surface area contributed by atoms with Gasteiger partial charge < -0.3 is 4.98 Å². The fraction of sp³-hybridized carbons (Fsp3) is 0.200. The molecule has 0 aliphatic carbocycles. The number of hydrogen-bond acceptors (Lipinski definition) is 0. The SMILES string of the molecule is CCc1[nH]cc2ccccc12.Cl.Cl. The van der Waals surface area contributed by atoms with Gasteiger partial charge in [-0.2, -0.15) is 0 Å². The summed E-state index contributed by atoms with van der Waals surface area (Å²) in [6, 6.07) is 8.43. The van der Waals surface area contributed by atoms with E-state index >= 15 is 0 Å². The zero-order chi connectivity index (χ0) is 7.68. The average molecular weight is 218 g/mol. The Hall–Kier alpha value is -0.660. The van der Waals surface area contributed by atoms with Crippen LogP contribution in [-0.4, -0.2) is 4.98 Å². The van der Waals surface area contributed by atoms with E-state index in [0.29, 0.717) is 0 Å². The Balaban J connectivity index is 0.000000720. The van der Waals surface area contributed by atoms with E-state index in [4.69, 9.17) is 0 Å². The van der Waals surface area contributed by atoms with Gasteiger partial charge in [-0.15, -0.1) is 24.8 Å². The molecular formula is C10H13Cl2N. The van der Waals surface area contributed by atoms with Crippen LogP contribution in [0.2, 0.25) is 0 Å². The Bertz CT molecular complexity index is 368. The van der Waals surface area contributed by atoms with Gasteiger partial charge in [0.15, 0.2) is 0 Å². The molecule has 72 valence electrons. The quantitative estimate of drug-likeness (QED) is 0.752. The molecular weight excluding hydrogens is 205 g/mol. The number of aryl methyl sites for hydroxylation is 1. The number of nitrogens with one attached hydrogen (secondary N) is 1. The van der Waals surface area contributed by atoms with Crippen LogP contribution in [0, 0.1) is 0 Å². The summed E-state index contributed by atoms with van der Waals surface area (Å²) >= 11 is 0. The molecule has 1 heterocycles. The topological polar surface area (TPSA) is 15.8 Å². The summed E-state index contributed by atoms with van der Waals surface area (Å²) in [4.78, 5) is 3.26. The van der Waals surface area contributed by atoms with Crippen molar-refractivity contribution in [2.45, 2.75) is 13.3 Å². The maximum Gasteiger partial charge on any atom is 0.0224 e. The van der Waals surface area contributed by atoms with Gasteiger partial charge >= 0.3 is 0 Å². The standard InChI is InChI=1S/C10H11N.2ClH/c1-2-10-9-6-4-3-5-8(9)7-11-10;;/h3-7,11H,2H2,1H3;2*1H. The van der Waals surface area contributed by atoms with Crippen LogP contribution in [0.3, 0.4) is 0 Å². The molecule has 1 nitrogen and oxygen atoms in total. The van der Waals surface area contributed by atoms with E-state index in [1.165, 1.54) is 16.5 Å². The molecule has 0 unspecified atom stereocenters. The van der Waals surface area contributed by atoms with Crippen LogP contribution >= 0.6 is 24.8 Å². The molecule has 0 bridgehead atoms. The first kappa shape index (κ1) is 12.3. The van der Waals surface area contributed by atoms with Crippen LogP contribution in [0.15, 0.2) is 30.5 Å². The molecule has 0 aliphatic heterocycles. The maximum absolute atomic E-state index is 3.26. The fourth-order valence-electron chi connectivity index (χ4n) is 1.43. The minimum atomic E-state index is 0. The summed E-state index contributed by atoms with van der Waals surface area (Å²) < 4.78 is 0. The monoisotopic (exact) mass is 217 g/mol. The highest BCUT2D eigenvalue weighted by molar-refractivity contribution is 5.86. The van der Waals surface area contributed by atoms with Gasteiger partial charge in [-0.05, 0) is 11.8 Å². The van der Waals surface area contributed by atoms with Crippen molar-refractivity contribution in [3.8, 4) is 0 Å². The molecule has 0 aliphatic rings. The second kappa shape index (κ2) is 5.15. The molecule has 0 fully saturated rings. The lowest BCUT2D eigenvalue weighted by Crippen LogP contribution is -1.77. The van der Waals surface area contributed by atoms with Crippen molar-refractivity contribution in [1.29, 1.82) is 0 Å². The molecule has 0 spiro atoms. The predicted molar refractivity (Wildman–Crippen MR) is 62.2 cm³/mol. The van der Waals surface area contributed by atoms with E-state index in [-0.39, 0.29) is 24.8 Å². The van der Waals surface area contributed by atoms with Crippen molar-refractivity contribution in [2.24, 2.45) is 0 Å². The van der Waals surface area contributed by atoms with Gasteiger partial charge in [-0.25, -0.2) is 0 Å². The molecule has 0 amide bonds. The van der Waals surface area contributed by atoms with Crippen molar-refractivity contribution in [3.05, 3.63) is 36.2 Å². The molecule has 2 rings (SSSR count). The molecule has 0 radical (unpaired) electrons. The summed E-state index contributed by atoms with van der Waals surface area (Å²) in [5.41, 5.74) is 1.33. The van der Waals surface area contributed by atoms with Gasteiger partial charge in [0, 0.05) is 17.3 Å². The molecule has 1 aromatic carbocycles. The van der Waals surface area contributed by atoms with Crippen LogP contribution in [-0.2, 0) is 6.42 Å². The highest BCUT2D eigenvalue weighted by Crippen LogP contribution is 2.17. The Labute approximate surface area is 90.4 Å². The molecule has 0 saturated carbocycles. The van der Waals surface area contributed by atoms with Gasteiger partial charge in [0.05, 0.1) is 0 Å². The normalized spacial score (nSPS) is 9.00. The highest BCUT2D eigenvalue weighted by Gasteiger charge is 1.97. The minimum Gasteiger partial charge on any atom is -0.364 e. The molecule has 2 aromatic rings. The third-order valence-electron chi connectivity index (χ3n) is 2.04. The predicted octanol–water partition coefficient (Wildman–Crippen LogP) is 3.57. The van der Waals surface area contributed by atoms with Gasteiger partial charge in [-0.1, -0.05) is 31.2 Å². The van der Waals surface area contributed by atoms with Crippen molar-refractivity contribution in [2.75, 3.05) is 0 Å². The highest BCUT2D eigenvalue weighted by atomic mass is 35.5. The molecule has 1 N–H and O–H groups in total. The van der Waals surface area contributed by atoms with Gasteiger partial charge in [-0.3, -0.25) is 0 Å². The van der Waals surface area contributed by atoms with Crippen molar-refractivity contribution < 1.29 is 0 Å². The van der Waals surface area contributed by atoms with Crippen LogP contribution in [0.25, 0.3) is 10.8 Å². The first-order valence-electron chi connectivity index (χ1n) is 3.97. The minimum absolute atomic E-state index is 0. The Morgan fingerprint density at radius 2 is 1.85 bits per heavy atom. The van der Waals surface area contributed by atoms with Gasteiger partial charge in [0.1, 0.15) is 0 Å². The Morgan fingerprint density at radius 3 is 2.54 bits per heavy atom. The molecule has 3 heteroatoms. The lowest BCUT2D eigenvalue weighted by molar-refractivity contribution is 1.08. The van der Waals surface area contributed by atoms with E-state index in [9.17, 15) is 0 Å². The fourth-order valence-corrected chi connectivity index (χ4v) is 1.43. The van der Waals surface area contributed by atoms with E-state index in [0.717, 1.165) is 6.42 Å². The number of aromatic nitrogens is 1. The van der Waals surface area contributed by atoms with Gasteiger partial charge in [0.25, 0.3) is 0 Å². The maximum atomic E-state index is 3.26. The van der Waals surface area contributed by atoms with E-state index in [1.807, 2.05) is 0 Å². The third-order valence-corrected chi connectivity index (χ3v) is 2.04. The van der Waals surface area contributed by atoms with E-state index in [2.05, 4.69) is 42.4 Å². The summed E-state index contributed by atoms with van der Waals surface area (Å²) in [6.45, 7) is 2.16. The van der Waals surface area contributed by atoms with E-state index in [1.54, 1.807) is 0 Å². The summed E-state index contributed by atoms with van der Waals surface area (Å²) in [5, 5.41) is 2.67. The smallest absolute Gasteiger partial charge is 0.0224 e. The van der Waals surface area contributed by atoms with Gasteiger partial charge in [0.2, 0.25) is 0 Å². The third kappa shape index (κ3) is 2.17. The number of halogens is 2. The molecule has 1 aromatic heterocycles. The Morgan fingerprint density at radius 1 is 1.15 bits per heavy atom. The van der Waals surface area contributed by atoms with Crippen LogP contribution in [0.1, 0.15) is 12.6 Å². The second-order valence-electron chi connectivity index (χ2n) is 2.71. The number of rotatable bonds is 1. The average Bonchev–Trinajstić information content (AvgIpc) is 2.47. The number of H-pyrrole nitrogens is 1. The first-order valence-corrected chi connectivity index (χ1v) is 3.97. The zero-order valence-electron chi connectivity index (χ0n) is 7.41. The number of aromatic amines is 1. The summed E-state index contributed by atoms with van der Waals surface area (Å²) in [5.74, 6) is 0. The first-order chi connectivity index (χ1) is 5.42. The van der Waals surface area contributed by atoms with Crippen LogP contribution < -0.4 is 0 Å². The zero-order valence-corrected chi connectivity index (χ0v) is 9.04. The Kier molecular flexibility index (Phi) is 4.89. The number of hydrogen-bond donors (Lipinski definition) is 1. The molecule has 0 atom stereocenters. The lowest BCUT2D eigenvalue weighted by Gasteiger charge is -1.91. The summed E-state index contributed by atoms with van der Waals surface area (Å²) in [6.07, 6.45) is 3.14. The van der Waals surface area contributed by atoms with E-state index < -0.39 is 0 Å². The number of fused-ring (bicyclic) bond motifs is 1. The largest absolute Gasteiger partial charge is 0.364 e. The van der Waals surface area contributed by atoms with Crippen molar-refractivity contribution in [3.63, 3.8) is 0 Å². The second-order valence-corrected chi connectivity index (χ2v) is 2.71. The van der Waals surface area contributed by atoms with Crippen molar-refractivity contribution in [1.82, 2.24) is 4.98 Å². The lowest BCUT2D eigenvalue weighted by atomic mass is 10.1. The molecule has 13 heavy (non-hydrogen) atoms. The van der Waals surface area contributed by atoms with Crippen LogP contribution in [0.5, 0.6) is 0 Å². The number of benzene rings is 1. The van der Waals surface area contributed by atoms with Crippen molar-refractivity contribution >= 4 is 35.6 Å².